The Morgan fingerprint density at radius 2 is 0.804 bits per heavy atom. The van der Waals surface area contributed by atoms with Crippen molar-refractivity contribution in [1.29, 1.82) is 0 Å². The standard InChI is InChI=1S/C42H83NO3/c1-3-5-6-7-8-9-10-11-12-13-14-15-16-17-18-19-20-21-22-23-24-25-26-27-28-29-30-31-32-33-34-35-36-38-41(45)40(39-44)43-42(46)37-4-2/h36,38,40-41,44-45H,3-35,37,39H2,1-2H3,(H,43,46)/b38-36+. The molecule has 0 saturated carbocycles. The van der Waals surface area contributed by atoms with Crippen molar-refractivity contribution in [3.8, 4) is 0 Å². The number of aliphatic hydroxyl groups excluding tert-OH is 2. The minimum atomic E-state index is -0.829. The Balaban J connectivity index is 3.24. The van der Waals surface area contributed by atoms with Gasteiger partial charge in [-0.3, -0.25) is 4.79 Å². The number of carbonyl (C=O) groups excluding carboxylic acids is 1. The Labute approximate surface area is 288 Å². The van der Waals surface area contributed by atoms with Gasteiger partial charge < -0.3 is 15.5 Å². The van der Waals surface area contributed by atoms with Gasteiger partial charge in [-0.1, -0.05) is 219 Å². The summed E-state index contributed by atoms with van der Waals surface area (Å²) in [5, 5.41) is 22.3. The molecule has 4 nitrogen and oxygen atoms in total. The van der Waals surface area contributed by atoms with Crippen LogP contribution in [0.3, 0.4) is 0 Å². The van der Waals surface area contributed by atoms with Crippen molar-refractivity contribution in [2.24, 2.45) is 0 Å². The maximum absolute atomic E-state index is 11.7. The number of rotatable bonds is 38. The van der Waals surface area contributed by atoms with Gasteiger partial charge in [-0.25, -0.2) is 0 Å². The maximum atomic E-state index is 11.7. The Hall–Kier alpha value is -0.870. The summed E-state index contributed by atoms with van der Waals surface area (Å²) >= 11 is 0. The molecule has 0 bridgehead atoms. The predicted molar refractivity (Wildman–Crippen MR) is 202 cm³/mol. The third-order valence-electron chi connectivity index (χ3n) is 9.74. The first kappa shape index (κ1) is 45.1. The molecule has 0 spiro atoms. The van der Waals surface area contributed by atoms with Gasteiger partial charge >= 0.3 is 0 Å². The average Bonchev–Trinajstić information content (AvgIpc) is 3.05. The van der Waals surface area contributed by atoms with Crippen molar-refractivity contribution < 1.29 is 15.0 Å². The minimum Gasteiger partial charge on any atom is -0.394 e. The van der Waals surface area contributed by atoms with Gasteiger partial charge in [-0.2, -0.15) is 0 Å². The molecule has 0 aromatic heterocycles. The second-order valence-electron chi connectivity index (χ2n) is 14.4. The van der Waals surface area contributed by atoms with Crippen LogP contribution in [0.25, 0.3) is 0 Å². The zero-order valence-electron chi connectivity index (χ0n) is 31.4. The van der Waals surface area contributed by atoms with E-state index in [2.05, 4.69) is 12.2 Å². The lowest BCUT2D eigenvalue weighted by Crippen LogP contribution is -2.45. The monoisotopic (exact) mass is 650 g/mol. The summed E-state index contributed by atoms with van der Waals surface area (Å²) in [4.78, 5) is 11.7. The van der Waals surface area contributed by atoms with Crippen LogP contribution < -0.4 is 5.32 Å². The molecule has 3 N–H and O–H groups in total. The van der Waals surface area contributed by atoms with E-state index in [0.717, 1.165) is 19.3 Å². The van der Waals surface area contributed by atoms with Gasteiger partial charge in [0.15, 0.2) is 0 Å². The van der Waals surface area contributed by atoms with Crippen LogP contribution >= 0.6 is 0 Å². The van der Waals surface area contributed by atoms with Gasteiger partial charge in [-0.05, 0) is 19.3 Å². The SMILES string of the molecule is CCCCCCCCCCCCCCCCCCCCCCCCCCCCCCCCC/C=C/C(O)C(CO)NC(=O)CCC. The number of amides is 1. The van der Waals surface area contributed by atoms with E-state index >= 15 is 0 Å². The number of carbonyl (C=O) groups is 1. The Morgan fingerprint density at radius 3 is 1.09 bits per heavy atom. The lowest BCUT2D eigenvalue weighted by molar-refractivity contribution is -0.122. The topological polar surface area (TPSA) is 69.6 Å². The van der Waals surface area contributed by atoms with Crippen LogP contribution in [0.15, 0.2) is 12.2 Å². The molecule has 0 rings (SSSR count). The molecular formula is C42H83NO3. The van der Waals surface area contributed by atoms with Crippen molar-refractivity contribution in [3.63, 3.8) is 0 Å². The molecule has 0 heterocycles. The zero-order valence-corrected chi connectivity index (χ0v) is 31.4. The van der Waals surface area contributed by atoms with Crippen LogP contribution in [-0.4, -0.2) is 34.9 Å². The average molecular weight is 650 g/mol. The van der Waals surface area contributed by atoms with E-state index in [1.807, 2.05) is 13.0 Å². The summed E-state index contributed by atoms with van der Waals surface area (Å²) in [5.74, 6) is -0.116. The molecule has 274 valence electrons. The number of allylic oxidation sites excluding steroid dienone is 1. The van der Waals surface area contributed by atoms with Crippen LogP contribution in [0.2, 0.25) is 0 Å². The van der Waals surface area contributed by atoms with E-state index in [1.165, 1.54) is 193 Å². The summed E-state index contributed by atoms with van der Waals surface area (Å²) < 4.78 is 0. The van der Waals surface area contributed by atoms with Gasteiger partial charge in [0.25, 0.3) is 0 Å². The largest absolute Gasteiger partial charge is 0.394 e. The molecular weight excluding hydrogens is 566 g/mol. The highest BCUT2D eigenvalue weighted by molar-refractivity contribution is 5.76. The van der Waals surface area contributed by atoms with E-state index in [1.54, 1.807) is 6.08 Å². The minimum absolute atomic E-state index is 0.116. The third kappa shape index (κ3) is 34.5. The Kier molecular flexibility index (Phi) is 37.8. The molecule has 2 unspecified atom stereocenters. The van der Waals surface area contributed by atoms with Crippen LogP contribution in [-0.2, 0) is 4.79 Å². The molecule has 0 aliphatic heterocycles. The molecule has 2 atom stereocenters. The van der Waals surface area contributed by atoms with Gasteiger partial charge in [0.2, 0.25) is 5.91 Å². The second kappa shape index (κ2) is 38.6. The molecule has 0 aliphatic rings. The van der Waals surface area contributed by atoms with Crippen molar-refractivity contribution in [1.82, 2.24) is 5.32 Å². The van der Waals surface area contributed by atoms with Crippen molar-refractivity contribution in [2.75, 3.05) is 6.61 Å². The van der Waals surface area contributed by atoms with Crippen molar-refractivity contribution in [3.05, 3.63) is 12.2 Å². The van der Waals surface area contributed by atoms with Gasteiger partial charge in [0, 0.05) is 6.42 Å². The van der Waals surface area contributed by atoms with Gasteiger partial charge in [0.1, 0.15) is 0 Å². The van der Waals surface area contributed by atoms with E-state index in [9.17, 15) is 15.0 Å². The molecule has 0 aromatic carbocycles. The van der Waals surface area contributed by atoms with Gasteiger partial charge in [0.05, 0.1) is 18.8 Å². The highest BCUT2D eigenvalue weighted by Gasteiger charge is 2.17. The molecule has 0 radical (unpaired) electrons. The van der Waals surface area contributed by atoms with Crippen molar-refractivity contribution in [2.45, 2.75) is 244 Å². The number of hydrogen-bond acceptors (Lipinski definition) is 3. The molecule has 4 heteroatoms. The summed E-state index contributed by atoms with van der Waals surface area (Å²) in [6, 6.07) is -0.612. The first-order valence-corrected chi connectivity index (χ1v) is 20.9. The fraction of sp³-hybridized carbons (Fsp3) is 0.929. The summed E-state index contributed by atoms with van der Waals surface area (Å²) in [6.45, 7) is 3.99. The van der Waals surface area contributed by atoms with Crippen LogP contribution in [0, 0.1) is 0 Å². The first-order chi connectivity index (χ1) is 22.7. The predicted octanol–water partition coefficient (Wildman–Crippen LogP) is 12.7. The number of hydrogen-bond donors (Lipinski definition) is 3. The summed E-state index contributed by atoms with van der Waals surface area (Å²) in [6.07, 6.45) is 49.1. The number of aliphatic hydroxyl groups is 2. The Morgan fingerprint density at radius 1 is 0.500 bits per heavy atom. The number of nitrogens with one attached hydrogen (secondary N) is 1. The number of unbranched alkanes of at least 4 members (excludes halogenated alkanes) is 31. The zero-order chi connectivity index (χ0) is 33.6. The Bertz CT molecular complexity index is 622. The second-order valence-corrected chi connectivity index (χ2v) is 14.4. The molecule has 0 fully saturated rings. The molecule has 0 saturated heterocycles. The fourth-order valence-electron chi connectivity index (χ4n) is 6.58. The van der Waals surface area contributed by atoms with E-state index in [-0.39, 0.29) is 12.5 Å². The molecule has 0 aromatic rings. The summed E-state index contributed by atoms with van der Waals surface area (Å²) in [7, 11) is 0. The highest BCUT2D eigenvalue weighted by Crippen LogP contribution is 2.17. The molecule has 46 heavy (non-hydrogen) atoms. The van der Waals surface area contributed by atoms with Crippen LogP contribution in [0.1, 0.15) is 232 Å². The first-order valence-electron chi connectivity index (χ1n) is 20.9. The fourth-order valence-corrected chi connectivity index (χ4v) is 6.58. The lowest BCUT2D eigenvalue weighted by atomic mass is 10.0. The molecule has 1 amide bonds. The highest BCUT2D eigenvalue weighted by atomic mass is 16.3. The van der Waals surface area contributed by atoms with E-state index in [4.69, 9.17) is 0 Å². The third-order valence-corrected chi connectivity index (χ3v) is 9.74. The van der Waals surface area contributed by atoms with E-state index < -0.39 is 12.1 Å². The quantitative estimate of drug-likeness (QED) is 0.0460. The van der Waals surface area contributed by atoms with E-state index in [0.29, 0.717) is 6.42 Å². The molecule has 0 aliphatic carbocycles. The lowest BCUT2D eigenvalue weighted by Gasteiger charge is -2.19. The summed E-state index contributed by atoms with van der Waals surface area (Å²) in [5.41, 5.74) is 0. The van der Waals surface area contributed by atoms with Crippen LogP contribution in [0.5, 0.6) is 0 Å². The van der Waals surface area contributed by atoms with Crippen LogP contribution in [0.4, 0.5) is 0 Å². The smallest absolute Gasteiger partial charge is 0.220 e. The normalized spacial score (nSPS) is 13.0. The maximum Gasteiger partial charge on any atom is 0.220 e. The van der Waals surface area contributed by atoms with Gasteiger partial charge in [-0.15, -0.1) is 0 Å². The van der Waals surface area contributed by atoms with Crippen molar-refractivity contribution >= 4 is 5.91 Å².